The Morgan fingerprint density at radius 2 is 2.00 bits per heavy atom. The standard InChI is InChI=1S/C13H24N2OS/c1-11(14-12-6-9-17-10-12)13(16)15-7-4-2-3-5-8-15/h11-12,14H,2-10H2,1H3. The number of hydrogen-bond acceptors (Lipinski definition) is 3. The van der Waals surface area contributed by atoms with Gasteiger partial charge < -0.3 is 10.2 Å². The number of likely N-dealkylation sites (tertiary alicyclic amines) is 1. The monoisotopic (exact) mass is 256 g/mol. The van der Waals surface area contributed by atoms with Gasteiger partial charge in [0.05, 0.1) is 6.04 Å². The highest BCUT2D eigenvalue weighted by molar-refractivity contribution is 7.99. The normalized spacial score (nSPS) is 27.8. The van der Waals surface area contributed by atoms with Crippen molar-refractivity contribution in [1.29, 1.82) is 0 Å². The predicted octanol–water partition coefficient (Wildman–Crippen LogP) is 1.87. The van der Waals surface area contributed by atoms with Gasteiger partial charge in [-0.05, 0) is 31.9 Å². The third-order valence-corrected chi connectivity index (χ3v) is 4.87. The molecule has 0 spiro atoms. The van der Waals surface area contributed by atoms with Gasteiger partial charge in [-0.25, -0.2) is 0 Å². The Labute approximate surface area is 109 Å². The van der Waals surface area contributed by atoms with Crippen LogP contribution in [0.25, 0.3) is 0 Å². The Kier molecular flexibility index (Phi) is 5.16. The molecule has 2 rings (SSSR count). The first kappa shape index (κ1) is 13.2. The maximum absolute atomic E-state index is 12.3. The molecule has 2 heterocycles. The molecule has 98 valence electrons. The van der Waals surface area contributed by atoms with E-state index in [4.69, 9.17) is 0 Å². The zero-order chi connectivity index (χ0) is 12.1. The van der Waals surface area contributed by atoms with Crippen LogP contribution in [-0.2, 0) is 4.79 Å². The van der Waals surface area contributed by atoms with Gasteiger partial charge in [-0.1, -0.05) is 12.8 Å². The van der Waals surface area contributed by atoms with E-state index in [-0.39, 0.29) is 6.04 Å². The van der Waals surface area contributed by atoms with E-state index in [1.807, 2.05) is 18.7 Å². The highest BCUT2D eigenvalue weighted by atomic mass is 32.2. The fourth-order valence-electron chi connectivity index (χ4n) is 2.66. The average molecular weight is 256 g/mol. The molecule has 2 aliphatic heterocycles. The minimum absolute atomic E-state index is 0.00296. The fraction of sp³-hybridized carbons (Fsp3) is 0.923. The molecule has 2 atom stereocenters. The van der Waals surface area contributed by atoms with E-state index in [0.29, 0.717) is 11.9 Å². The van der Waals surface area contributed by atoms with Crippen LogP contribution in [0.5, 0.6) is 0 Å². The Bertz CT molecular complexity index is 246. The Balaban J connectivity index is 1.80. The maximum atomic E-state index is 12.3. The summed E-state index contributed by atoms with van der Waals surface area (Å²) in [5.41, 5.74) is 0. The summed E-state index contributed by atoms with van der Waals surface area (Å²) in [6.45, 7) is 3.95. The van der Waals surface area contributed by atoms with Gasteiger partial charge in [-0.15, -0.1) is 0 Å². The Morgan fingerprint density at radius 1 is 1.29 bits per heavy atom. The largest absolute Gasteiger partial charge is 0.341 e. The lowest BCUT2D eigenvalue weighted by molar-refractivity contribution is -0.133. The molecular formula is C13H24N2OS. The first-order chi connectivity index (χ1) is 8.27. The molecule has 2 fully saturated rings. The molecule has 0 aliphatic carbocycles. The Morgan fingerprint density at radius 3 is 2.59 bits per heavy atom. The van der Waals surface area contributed by atoms with Crippen molar-refractivity contribution in [2.75, 3.05) is 24.6 Å². The second kappa shape index (κ2) is 6.64. The highest BCUT2D eigenvalue weighted by Crippen LogP contribution is 2.18. The summed E-state index contributed by atoms with van der Waals surface area (Å²) in [5, 5.41) is 3.48. The summed E-state index contributed by atoms with van der Waals surface area (Å²) in [4.78, 5) is 14.4. The molecule has 0 aromatic carbocycles. The van der Waals surface area contributed by atoms with Gasteiger partial charge in [0.2, 0.25) is 5.91 Å². The van der Waals surface area contributed by atoms with Crippen LogP contribution < -0.4 is 5.32 Å². The molecule has 2 unspecified atom stereocenters. The number of nitrogens with zero attached hydrogens (tertiary/aromatic N) is 1. The first-order valence-electron chi connectivity index (χ1n) is 6.90. The molecule has 17 heavy (non-hydrogen) atoms. The minimum Gasteiger partial charge on any atom is -0.341 e. The summed E-state index contributed by atoms with van der Waals surface area (Å²) < 4.78 is 0. The average Bonchev–Trinajstić information content (AvgIpc) is 2.68. The van der Waals surface area contributed by atoms with E-state index in [0.717, 1.165) is 18.8 Å². The van der Waals surface area contributed by atoms with Gasteiger partial charge in [0.15, 0.2) is 0 Å². The van der Waals surface area contributed by atoms with Crippen LogP contribution in [0.15, 0.2) is 0 Å². The molecule has 2 saturated heterocycles. The number of carbonyl (C=O) groups is 1. The van der Waals surface area contributed by atoms with E-state index in [9.17, 15) is 4.79 Å². The second-order valence-corrected chi connectivity index (χ2v) is 6.34. The molecule has 0 aromatic rings. The van der Waals surface area contributed by atoms with Crippen molar-refractivity contribution in [3.63, 3.8) is 0 Å². The van der Waals surface area contributed by atoms with Crippen LogP contribution in [0.4, 0.5) is 0 Å². The molecule has 0 aromatic heterocycles. The molecule has 3 nitrogen and oxygen atoms in total. The van der Waals surface area contributed by atoms with Crippen molar-refractivity contribution in [3.05, 3.63) is 0 Å². The molecular weight excluding hydrogens is 232 g/mol. The zero-order valence-electron chi connectivity index (χ0n) is 10.8. The molecule has 1 N–H and O–H groups in total. The molecule has 4 heteroatoms. The summed E-state index contributed by atoms with van der Waals surface area (Å²) in [5.74, 6) is 2.71. The SMILES string of the molecule is CC(NC1CCSC1)C(=O)N1CCCCCC1. The topological polar surface area (TPSA) is 32.3 Å². The van der Waals surface area contributed by atoms with Crippen LogP contribution in [0.3, 0.4) is 0 Å². The molecule has 1 amide bonds. The van der Waals surface area contributed by atoms with Gasteiger partial charge in [0, 0.05) is 24.9 Å². The summed E-state index contributed by atoms with van der Waals surface area (Å²) in [7, 11) is 0. The maximum Gasteiger partial charge on any atom is 0.239 e. The Hall–Kier alpha value is -0.220. The first-order valence-corrected chi connectivity index (χ1v) is 8.05. The molecule has 0 saturated carbocycles. The van der Waals surface area contributed by atoms with Crippen LogP contribution in [0, 0.1) is 0 Å². The molecule has 0 bridgehead atoms. The van der Waals surface area contributed by atoms with Crippen molar-refractivity contribution in [1.82, 2.24) is 10.2 Å². The van der Waals surface area contributed by atoms with E-state index in [2.05, 4.69) is 10.2 Å². The minimum atomic E-state index is -0.00296. The number of thioether (sulfide) groups is 1. The number of hydrogen-bond donors (Lipinski definition) is 1. The predicted molar refractivity (Wildman–Crippen MR) is 73.4 cm³/mol. The van der Waals surface area contributed by atoms with E-state index in [1.54, 1.807) is 0 Å². The second-order valence-electron chi connectivity index (χ2n) is 5.19. The van der Waals surface area contributed by atoms with Crippen molar-refractivity contribution in [2.24, 2.45) is 0 Å². The lowest BCUT2D eigenvalue weighted by Crippen LogP contribution is -2.48. The van der Waals surface area contributed by atoms with Crippen molar-refractivity contribution in [3.8, 4) is 0 Å². The lowest BCUT2D eigenvalue weighted by atomic mass is 10.2. The van der Waals surface area contributed by atoms with Crippen LogP contribution in [0.1, 0.15) is 39.0 Å². The summed E-state index contributed by atoms with van der Waals surface area (Å²) >= 11 is 1.99. The van der Waals surface area contributed by atoms with Crippen molar-refractivity contribution >= 4 is 17.7 Å². The fourth-order valence-corrected chi connectivity index (χ4v) is 3.82. The van der Waals surface area contributed by atoms with Gasteiger partial charge in [0.1, 0.15) is 0 Å². The van der Waals surface area contributed by atoms with Crippen LogP contribution in [0.2, 0.25) is 0 Å². The number of carbonyl (C=O) groups excluding carboxylic acids is 1. The zero-order valence-corrected chi connectivity index (χ0v) is 11.6. The van der Waals surface area contributed by atoms with Crippen molar-refractivity contribution < 1.29 is 4.79 Å². The summed E-state index contributed by atoms with van der Waals surface area (Å²) in [6, 6.07) is 0.544. The number of amides is 1. The number of rotatable bonds is 3. The van der Waals surface area contributed by atoms with E-state index in [1.165, 1.54) is 37.9 Å². The number of nitrogens with one attached hydrogen (secondary N) is 1. The van der Waals surface area contributed by atoms with E-state index < -0.39 is 0 Å². The third-order valence-electron chi connectivity index (χ3n) is 3.70. The van der Waals surface area contributed by atoms with Gasteiger partial charge in [-0.2, -0.15) is 11.8 Å². The highest BCUT2D eigenvalue weighted by Gasteiger charge is 2.24. The summed E-state index contributed by atoms with van der Waals surface area (Å²) in [6.07, 6.45) is 6.13. The smallest absolute Gasteiger partial charge is 0.239 e. The van der Waals surface area contributed by atoms with Crippen molar-refractivity contribution in [2.45, 2.75) is 51.1 Å². The van der Waals surface area contributed by atoms with E-state index >= 15 is 0 Å². The molecule has 0 radical (unpaired) electrons. The van der Waals surface area contributed by atoms with Gasteiger partial charge in [-0.3, -0.25) is 4.79 Å². The van der Waals surface area contributed by atoms with Crippen LogP contribution >= 0.6 is 11.8 Å². The lowest BCUT2D eigenvalue weighted by Gasteiger charge is -2.26. The quantitative estimate of drug-likeness (QED) is 0.837. The third kappa shape index (κ3) is 3.88. The van der Waals surface area contributed by atoms with Gasteiger partial charge >= 0.3 is 0 Å². The molecule has 2 aliphatic rings. The van der Waals surface area contributed by atoms with Gasteiger partial charge in [0.25, 0.3) is 0 Å². The van der Waals surface area contributed by atoms with Crippen LogP contribution in [-0.4, -0.2) is 47.5 Å².